The van der Waals surface area contributed by atoms with Crippen LogP contribution in [0.2, 0.25) is 0 Å². The first-order valence-electron chi connectivity index (χ1n) is 6.95. The third-order valence-electron chi connectivity index (χ3n) is 3.01. The SMILES string of the molecule is CCCCCCCCOc1ccc(/C(N)=N/F)cc1.Cl. The summed E-state index contributed by atoms with van der Waals surface area (Å²) in [6.07, 6.45) is 7.46. The molecule has 0 aliphatic heterocycles. The van der Waals surface area contributed by atoms with Crippen LogP contribution >= 0.6 is 12.4 Å². The van der Waals surface area contributed by atoms with Crippen LogP contribution < -0.4 is 10.5 Å². The molecule has 0 radical (unpaired) electrons. The number of benzene rings is 1. The van der Waals surface area contributed by atoms with Gasteiger partial charge in [-0.25, -0.2) is 0 Å². The number of hydrogen-bond acceptors (Lipinski definition) is 2. The number of amidine groups is 1. The van der Waals surface area contributed by atoms with Crippen LogP contribution in [0.4, 0.5) is 4.48 Å². The highest BCUT2D eigenvalue weighted by molar-refractivity contribution is 5.97. The number of rotatable bonds is 9. The second kappa shape index (κ2) is 11.5. The fourth-order valence-corrected chi connectivity index (χ4v) is 1.84. The van der Waals surface area contributed by atoms with Crippen LogP contribution in [0.15, 0.2) is 29.5 Å². The highest BCUT2D eigenvalue weighted by Gasteiger charge is 1.99. The topological polar surface area (TPSA) is 47.6 Å². The lowest BCUT2D eigenvalue weighted by Crippen LogP contribution is -2.11. The highest BCUT2D eigenvalue weighted by Crippen LogP contribution is 2.13. The fourth-order valence-electron chi connectivity index (χ4n) is 1.84. The van der Waals surface area contributed by atoms with Crippen molar-refractivity contribution in [3.05, 3.63) is 29.8 Å². The quantitative estimate of drug-likeness (QED) is 0.416. The molecule has 0 saturated heterocycles. The average Bonchev–Trinajstić information content (AvgIpc) is 2.46. The maximum absolute atomic E-state index is 12.0. The van der Waals surface area contributed by atoms with Gasteiger partial charge in [-0.05, 0) is 30.7 Å². The van der Waals surface area contributed by atoms with Gasteiger partial charge in [-0.1, -0.05) is 48.7 Å². The van der Waals surface area contributed by atoms with E-state index in [1.54, 1.807) is 24.3 Å². The van der Waals surface area contributed by atoms with Gasteiger partial charge in [-0.3, -0.25) is 0 Å². The molecule has 0 aromatic heterocycles. The van der Waals surface area contributed by atoms with Crippen molar-refractivity contribution < 1.29 is 9.22 Å². The summed E-state index contributed by atoms with van der Waals surface area (Å²) in [6, 6.07) is 6.97. The molecular weight excluding hydrogens is 279 g/mol. The van der Waals surface area contributed by atoms with E-state index in [1.165, 1.54) is 32.1 Å². The van der Waals surface area contributed by atoms with E-state index in [9.17, 15) is 4.48 Å². The Morgan fingerprint density at radius 1 is 1.10 bits per heavy atom. The minimum absolute atomic E-state index is 0. The van der Waals surface area contributed by atoms with Gasteiger partial charge in [0.15, 0.2) is 5.84 Å². The molecule has 0 aliphatic rings. The highest BCUT2D eigenvalue weighted by atomic mass is 35.5. The number of unbranched alkanes of at least 4 members (excludes halogenated alkanes) is 5. The molecule has 0 atom stereocenters. The van der Waals surface area contributed by atoms with Gasteiger partial charge >= 0.3 is 0 Å². The van der Waals surface area contributed by atoms with Gasteiger partial charge in [-0.2, -0.15) is 0 Å². The maximum atomic E-state index is 12.0. The van der Waals surface area contributed by atoms with Gasteiger partial charge in [0.1, 0.15) is 5.75 Å². The summed E-state index contributed by atoms with van der Waals surface area (Å²) in [4.78, 5) is 0. The second-order valence-electron chi connectivity index (χ2n) is 4.61. The standard InChI is InChI=1S/C15H23FN2O.ClH/c1-2-3-4-5-6-7-12-19-14-10-8-13(9-11-14)15(17)18-16;/h8-11H,2-7,12H2,1H3,(H2,17,18);1H. The zero-order chi connectivity index (χ0) is 13.9. The van der Waals surface area contributed by atoms with E-state index in [-0.39, 0.29) is 18.2 Å². The summed E-state index contributed by atoms with van der Waals surface area (Å²) in [7, 11) is 0. The molecular formula is C15H24ClFN2O. The Bertz CT molecular complexity index is 382. The minimum atomic E-state index is -0.109. The molecule has 1 aromatic rings. The second-order valence-corrected chi connectivity index (χ2v) is 4.61. The summed E-state index contributed by atoms with van der Waals surface area (Å²) in [5.41, 5.74) is 5.92. The first-order chi connectivity index (χ1) is 9.27. The lowest BCUT2D eigenvalue weighted by atomic mass is 10.1. The van der Waals surface area contributed by atoms with Crippen molar-refractivity contribution in [2.45, 2.75) is 45.4 Å². The largest absolute Gasteiger partial charge is 0.494 e. The molecule has 0 amide bonds. The van der Waals surface area contributed by atoms with Crippen LogP contribution in [0.5, 0.6) is 5.75 Å². The average molecular weight is 303 g/mol. The van der Waals surface area contributed by atoms with Gasteiger partial charge < -0.3 is 10.5 Å². The minimum Gasteiger partial charge on any atom is -0.494 e. The molecule has 114 valence electrons. The van der Waals surface area contributed by atoms with E-state index in [4.69, 9.17) is 10.5 Å². The third kappa shape index (κ3) is 7.34. The number of nitrogens with two attached hydrogens (primary N) is 1. The molecule has 1 aromatic carbocycles. The lowest BCUT2D eigenvalue weighted by molar-refractivity contribution is 0.304. The Morgan fingerprint density at radius 3 is 2.30 bits per heavy atom. The van der Waals surface area contributed by atoms with Crippen molar-refractivity contribution in [3.63, 3.8) is 0 Å². The van der Waals surface area contributed by atoms with E-state index in [0.717, 1.165) is 18.8 Å². The lowest BCUT2D eigenvalue weighted by Gasteiger charge is -2.06. The summed E-state index contributed by atoms with van der Waals surface area (Å²) < 4.78 is 17.6. The fraction of sp³-hybridized carbons (Fsp3) is 0.533. The van der Waals surface area contributed by atoms with Crippen molar-refractivity contribution >= 4 is 18.2 Å². The van der Waals surface area contributed by atoms with Crippen LogP contribution in [0.25, 0.3) is 0 Å². The number of ether oxygens (including phenoxy) is 1. The van der Waals surface area contributed by atoms with Crippen molar-refractivity contribution in [2.24, 2.45) is 10.9 Å². The van der Waals surface area contributed by atoms with Crippen LogP contribution in [0.1, 0.15) is 51.0 Å². The predicted octanol–water partition coefficient (Wildman–Crippen LogP) is 4.44. The van der Waals surface area contributed by atoms with Gasteiger partial charge in [-0.15, -0.1) is 12.4 Å². The van der Waals surface area contributed by atoms with Gasteiger partial charge in [0.25, 0.3) is 0 Å². The molecule has 0 fully saturated rings. The zero-order valence-electron chi connectivity index (χ0n) is 12.0. The van der Waals surface area contributed by atoms with Crippen LogP contribution in [-0.4, -0.2) is 12.4 Å². The Kier molecular flexibility index (Phi) is 10.8. The summed E-state index contributed by atoms with van der Waals surface area (Å²) in [5.74, 6) is 0.673. The molecule has 0 spiro atoms. The molecule has 3 nitrogen and oxygen atoms in total. The van der Waals surface area contributed by atoms with Crippen LogP contribution in [0.3, 0.4) is 0 Å². The first-order valence-corrected chi connectivity index (χ1v) is 6.95. The van der Waals surface area contributed by atoms with Crippen LogP contribution in [0, 0.1) is 0 Å². The third-order valence-corrected chi connectivity index (χ3v) is 3.01. The van der Waals surface area contributed by atoms with E-state index in [0.29, 0.717) is 5.56 Å². The van der Waals surface area contributed by atoms with Crippen molar-refractivity contribution in [3.8, 4) is 5.75 Å². The predicted molar refractivity (Wildman–Crippen MR) is 84.4 cm³/mol. The van der Waals surface area contributed by atoms with Crippen molar-refractivity contribution in [1.29, 1.82) is 0 Å². The molecule has 0 bridgehead atoms. The van der Waals surface area contributed by atoms with E-state index in [2.05, 4.69) is 12.1 Å². The summed E-state index contributed by atoms with van der Waals surface area (Å²) >= 11 is 0. The smallest absolute Gasteiger partial charge is 0.163 e. The van der Waals surface area contributed by atoms with Crippen molar-refractivity contribution in [2.75, 3.05) is 6.61 Å². The maximum Gasteiger partial charge on any atom is 0.163 e. The Morgan fingerprint density at radius 2 is 1.70 bits per heavy atom. The zero-order valence-corrected chi connectivity index (χ0v) is 12.8. The Labute approximate surface area is 126 Å². The van der Waals surface area contributed by atoms with Crippen molar-refractivity contribution in [1.82, 2.24) is 0 Å². The number of hydrogen-bond donors (Lipinski definition) is 1. The molecule has 0 aliphatic carbocycles. The van der Waals surface area contributed by atoms with E-state index in [1.807, 2.05) is 0 Å². The molecule has 2 N–H and O–H groups in total. The Hall–Kier alpha value is -1.29. The first kappa shape index (κ1) is 18.7. The van der Waals surface area contributed by atoms with Gasteiger partial charge in [0.2, 0.25) is 0 Å². The van der Waals surface area contributed by atoms with Gasteiger partial charge in [0, 0.05) is 5.56 Å². The molecule has 1 rings (SSSR count). The Balaban J connectivity index is 0.00000361. The summed E-state index contributed by atoms with van der Waals surface area (Å²) in [6.45, 7) is 2.94. The molecule has 0 saturated carbocycles. The van der Waals surface area contributed by atoms with E-state index < -0.39 is 0 Å². The van der Waals surface area contributed by atoms with E-state index >= 15 is 0 Å². The number of nitrogens with zero attached hydrogens (tertiary/aromatic N) is 1. The monoisotopic (exact) mass is 302 g/mol. The number of halogens is 2. The summed E-state index contributed by atoms with van der Waals surface area (Å²) in [5, 5.41) is 2.45. The van der Waals surface area contributed by atoms with Gasteiger partial charge in [0.05, 0.1) is 6.61 Å². The molecule has 20 heavy (non-hydrogen) atoms. The normalized spacial score (nSPS) is 11.0. The van der Waals surface area contributed by atoms with Crippen LogP contribution in [-0.2, 0) is 0 Å². The molecule has 0 unspecified atom stereocenters. The molecule has 5 heteroatoms. The molecule has 0 heterocycles.